The molecular weight excluding hydrogens is 687 g/mol. The summed E-state index contributed by atoms with van der Waals surface area (Å²) < 4.78 is 77.6. The number of imidazole rings is 1. The Morgan fingerprint density at radius 1 is 1.13 bits per heavy atom. The fourth-order valence-electron chi connectivity index (χ4n) is 5.24. The number of aliphatic hydroxyl groups excluding tert-OH is 1. The number of aromatic nitrogens is 7. The molecule has 6 N–H and O–H groups in total. The molecule has 4 aromatic heterocycles. The van der Waals surface area contributed by atoms with Crippen LogP contribution in [0.1, 0.15) is 12.5 Å². The van der Waals surface area contributed by atoms with Crippen LogP contribution >= 0.6 is 38.6 Å². The zero-order valence-electron chi connectivity index (χ0n) is 22.2. The number of alkyl halides is 1. The van der Waals surface area contributed by atoms with Gasteiger partial charge in [-0.05, 0) is 0 Å². The average Bonchev–Trinajstić information content (AvgIpc) is 3.71. The van der Waals surface area contributed by atoms with Crippen molar-refractivity contribution in [3.63, 3.8) is 0 Å². The first-order chi connectivity index (χ1) is 21.4. The Hall–Kier alpha value is -2.82. The van der Waals surface area contributed by atoms with E-state index in [1.54, 1.807) is 0 Å². The van der Waals surface area contributed by atoms with Crippen molar-refractivity contribution in [2.45, 2.75) is 49.1 Å². The molecule has 3 aliphatic rings. The second-order valence-corrected chi connectivity index (χ2v) is 14.8. The molecule has 7 heterocycles. The van der Waals surface area contributed by atoms with Gasteiger partial charge in [0.2, 0.25) is 5.95 Å². The van der Waals surface area contributed by atoms with E-state index in [0.717, 1.165) is 10.9 Å². The Morgan fingerprint density at radius 2 is 1.91 bits per heavy atom. The minimum atomic E-state index is -4.47. The monoisotopic (exact) mass is 709 g/mol. The summed E-state index contributed by atoms with van der Waals surface area (Å²) in [4.78, 5) is 42.9. The van der Waals surface area contributed by atoms with Crippen LogP contribution in [0, 0.1) is 0 Å². The number of nitrogens with zero attached hydrogens (tertiary/aromatic N) is 6. The lowest BCUT2D eigenvalue weighted by molar-refractivity contribution is -0.0568. The molecule has 0 saturated carbocycles. The van der Waals surface area contributed by atoms with Gasteiger partial charge in [-0.1, -0.05) is 23.6 Å². The summed E-state index contributed by atoms with van der Waals surface area (Å²) in [5.41, 5.74) is 10.9. The van der Waals surface area contributed by atoms with Crippen molar-refractivity contribution in [1.29, 1.82) is 0 Å². The van der Waals surface area contributed by atoms with Gasteiger partial charge in [0, 0.05) is 0 Å². The molecule has 4 aromatic rings. The molecule has 25 heteroatoms. The molecule has 2 bridgehead atoms. The first-order valence-electron chi connectivity index (χ1n) is 12.9. The lowest BCUT2D eigenvalue weighted by Crippen LogP contribution is -2.36. The number of ether oxygens (including phenoxy) is 2. The molecule has 3 saturated heterocycles. The van der Waals surface area contributed by atoms with E-state index in [2.05, 4.69) is 37.2 Å². The van der Waals surface area contributed by atoms with Crippen molar-refractivity contribution < 1.29 is 46.2 Å². The Balaban J connectivity index is 1.20. The largest absolute Gasteiger partial charge is 0.387 e. The number of thiol groups is 1. The second kappa shape index (κ2) is 11.5. The minimum Gasteiger partial charge on any atom is -0.387 e. The molecule has 7 rings (SSSR count). The van der Waals surface area contributed by atoms with Crippen LogP contribution in [0.3, 0.4) is 0 Å². The molecule has 45 heavy (non-hydrogen) atoms. The molecule has 20 nitrogen and oxygen atoms in total. The van der Waals surface area contributed by atoms with Gasteiger partial charge in [-0.3, -0.25) is 37.3 Å². The van der Waals surface area contributed by atoms with Crippen LogP contribution in [-0.4, -0.2) is 89.1 Å². The highest BCUT2D eigenvalue weighted by molar-refractivity contribution is 8.44. The summed E-state index contributed by atoms with van der Waals surface area (Å²) in [6, 6.07) is 0. The number of halogens is 1. The molecular formula is C20H22FN9O11P2S2. The normalized spacial score (nSPS) is 36.0. The third-order valence-corrected chi connectivity index (χ3v) is 10.7. The number of nitrogens with two attached hydrogens (primary N) is 2. The summed E-state index contributed by atoms with van der Waals surface area (Å²) in [6.07, 6.45) is -10.2. The van der Waals surface area contributed by atoms with E-state index < -0.39 is 87.8 Å². The number of hydrogen-bond donors (Lipinski definition) is 5. The van der Waals surface area contributed by atoms with Gasteiger partial charge in [0.05, 0.1) is 19.5 Å². The highest BCUT2D eigenvalue weighted by atomic mass is 32.7. The van der Waals surface area contributed by atoms with Crippen LogP contribution in [0.25, 0.3) is 21.5 Å². The van der Waals surface area contributed by atoms with E-state index in [1.165, 1.54) is 10.9 Å². The Kier molecular flexibility index (Phi) is 7.84. The van der Waals surface area contributed by atoms with Crippen molar-refractivity contribution in [3.05, 3.63) is 32.7 Å². The molecule has 0 aromatic carbocycles. The van der Waals surface area contributed by atoms with Crippen LogP contribution in [0.2, 0.25) is 0 Å². The standard InChI is InChI=1S/C20H22FN9O11P2S2/c21-7-10-6(39-17(7)29-4-26-8-13(22)24-3-25-14(8)29)2-37-43(35,44)41-11-9(31)5(1-36-42(34)40-10)38-18(11)30-15-12(45-20(30)33)16(32)28-19(23)27-15/h3-7,9-11,17-18,31,42H,1-2H2,(H,35,44)(H2,22,24,25)(H3,23,27,28,32)/t5?,6-,7?,9?,10+,11-,17-,18-,43+/m1/s1. The fraction of sp³-hybridized carbons (Fsp3) is 0.500. The zero-order chi connectivity index (χ0) is 31.8. The van der Waals surface area contributed by atoms with Crippen LogP contribution in [0.4, 0.5) is 16.2 Å². The summed E-state index contributed by atoms with van der Waals surface area (Å²) in [5.74, 6) is -0.270. The lowest BCUT2D eigenvalue weighted by atomic mass is 10.1. The predicted molar refractivity (Wildman–Crippen MR) is 155 cm³/mol. The Labute approximate surface area is 258 Å². The van der Waals surface area contributed by atoms with Gasteiger partial charge >= 0.3 is 19.9 Å². The number of rotatable bonds is 2. The van der Waals surface area contributed by atoms with Gasteiger partial charge in [0.25, 0.3) is 5.56 Å². The predicted octanol–water partition coefficient (Wildman–Crippen LogP) is -0.111. The average molecular weight is 710 g/mol. The molecule has 242 valence electrons. The zero-order valence-corrected chi connectivity index (χ0v) is 25.8. The van der Waals surface area contributed by atoms with E-state index in [4.69, 9.17) is 39.0 Å². The highest BCUT2D eigenvalue weighted by Crippen LogP contribution is 2.57. The van der Waals surface area contributed by atoms with Gasteiger partial charge in [-0.2, -0.15) is 4.98 Å². The van der Waals surface area contributed by atoms with Crippen molar-refractivity contribution in [1.82, 2.24) is 34.1 Å². The topological polar surface area (TPSA) is 273 Å². The molecule has 0 aliphatic carbocycles. The molecule has 4 unspecified atom stereocenters. The van der Waals surface area contributed by atoms with E-state index in [1.807, 2.05) is 0 Å². The van der Waals surface area contributed by atoms with Gasteiger partial charge in [0.1, 0.15) is 47.1 Å². The van der Waals surface area contributed by atoms with Gasteiger partial charge in [-0.15, -0.1) is 0 Å². The molecule has 3 aliphatic heterocycles. The van der Waals surface area contributed by atoms with Gasteiger partial charge < -0.3 is 35.1 Å². The number of nitrogen functional groups attached to an aromatic ring is 2. The minimum absolute atomic E-state index is 0.0435. The third-order valence-electron chi connectivity index (χ3n) is 7.24. The third kappa shape index (κ3) is 5.40. The molecule has 10 atom stereocenters. The maximum absolute atomic E-state index is 15.9. The molecule has 0 spiro atoms. The number of aliphatic hydroxyl groups is 1. The van der Waals surface area contributed by atoms with E-state index in [0.29, 0.717) is 11.3 Å². The summed E-state index contributed by atoms with van der Waals surface area (Å²) in [5, 5.41) is 11.1. The van der Waals surface area contributed by atoms with Crippen molar-refractivity contribution in [2.75, 3.05) is 24.7 Å². The number of thiazole rings is 1. The summed E-state index contributed by atoms with van der Waals surface area (Å²) >= 11 is 4.52. The van der Waals surface area contributed by atoms with Crippen LogP contribution < -0.4 is 21.9 Å². The maximum atomic E-state index is 15.9. The van der Waals surface area contributed by atoms with Crippen molar-refractivity contribution in [2.24, 2.45) is 0 Å². The number of H-pyrrole nitrogens is 1. The van der Waals surface area contributed by atoms with Gasteiger partial charge in [-0.25, -0.2) is 23.9 Å². The van der Waals surface area contributed by atoms with E-state index >= 15 is 4.39 Å². The van der Waals surface area contributed by atoms with Gasteiger partial charge in [0.15, 0.2) is 35.7 Å². The van der Waals surface area contributed by atoms with E-state index in [-0.39, 0.29) is 33.3 Å². The number of nitrogens with one attached hydrogen (secondary N) is 1. The maximum Gasteiger partial charge on any atom is 0.386 e. The summed E-state index contributed by atoms with van der Waals surface area (Å²) in [6.45, 7) is -5.76. The lowest BCUT2D eigenvalue weighted by Gasteiger charge is -2.25. The van der Waals surface area contributed by atoms with Crippen LogP contribution in [0.5, 0.6) is 0 Å². The highest BCUT2D eigenvalue weighted by Gasteiger charge is 2.53. The number of anilines is 2. The number of aromatic amines is 1. The fourth-order valence-corrected chi connectivity index (χ4v) is 8.42. The van der Waals surface area contributed by atoms with E-state index in [9.17, 15) is 23.8 Å². The van der Waals surface area contributed by atoms with Crippen LogP contribution in [0.15, 0.2) is 22.2 Å². The molecule has 3 fully saturated rings. The number of hydrogen-bond acceptors (Lipinski definition) is 18. The first kappa shape index (κ1) is 30.8. The van der Waals surface area contributed by atoms with Crippen molar-refractivity contribution in [3.8, 4) is 0 Å². The van der Waals surface area contributed by atoms with Crippen molar-refractivity contribution >= 4 is 71.9 Å². The Bertz CT molecular complexity index is 1990. The Morgan fingerprint density at radius 3 is 2.71 bits per heavy atom. The molecule has 0 amide bonds. The first-order valence-corrected chi connectivity index (χ1v) is 17.6. The van der Waals surface area contributed by atoms with Crippen LogP contribution in [-0.2, 0) is 36.7 Å². The summed E-state index contributed by atoms with van der Waals surface area (Å²) in [7, 11) is -3.51. The number of fused-ring (bicyclic) bond motifs is 5. The molecule has 0 radical (unpaired) electrons. The smallest absolute Gasteiger partial charge is 0.386 e. The SMILES string of the molecule is Nc1nc2c(sc(=O)n2[C@@H]2OC3CO[PH](=O)O[C@@H]4C(F)[C@H](n5cnc6c(N)ncnc65)O[C@@H]4CO[P@](=O)(S)O[C@@H]2C3O)c(=O)[nH]1. The quantitative estimate of drug-likeness (QED) is 0.134. The second-order valence-electron chi connectivity index (χ2n) is 9.97.